The summed E-state index contributed by atoms with van der Waals surface area (Å²) >= 11 is 0. The summed E-state index contributed by atoms with van der Waals surface area (Å²) in [5.74, 6) is 6.30. The summed E-state index contributed by atoms with van der Waals surface area (Å²) in [6.45, 7) is 2.74. The van der Waals surface area contributed by atoms with Crippen molar-refractivity contribution in [2.45, 2.75) is 63.5 Å². The molecule has 0 aromatic carbocycles. The molecule has 0 aromatic rings. The van der Waals surface area contributed by atoms with E-state index < -0.39 is 0 Å². The van der Waals surface area contributed by atoms with Crippen LogP contribution in [0.15, 0.2) is 0 Å². The van der Waals surface area contributed by atoms with Gasteiger partial charge >= 0.3 is 0 Å². The van der Waals surface area contributed by atoms with Crippen LogP contribution >= 0.6 is 0 Å². The second-order valence-electron chi connectivity index (χ2n) is 8.98. The van der Waals surface area contributed by atoms with Crippen molar-refractivity contribution in [2.24, 2.45) is 35.5 Å². The minimum Gasteiger partial charge on any atom is -0.313 e. The van der Waals surface area contributed by atoms with Gasteiger partial charge in [-0.1, -0.05) is 19.3 Å². The van der Waals surface area contributed by atoms with Gasteiger partial charge in [0.1, 0.15) is 0 Å². The van der Waals surface area contributed by atoms with E-state index in [0.717, 1.165) is 47.6 Å². The molecule has 118 valence electrons. The Bertz CT molecular complexity index is 408. The quantitative estimate of drug-likeness (QED) is 0.737. The molecule has 0 radical (unpaired) electrons. The molecule has 0 bridgehead atoms. The summed E-state index contributed by atoms with van der Waals surface area (Å²) in [5.41, 5.74) is 0. The Hall–Kier alpha value is -0.0800. The van der Waals surface area contributed by atoms with Crippen molar-refractivity contribution in [1.82, 2.24) is 10.2 Å². The van der Waals surface area contributed by atoms with Crippen molar-refractivity contribution in [3.8, 4) is 0 Å². The number of likely N-dealkylation sites (tertiary alicyclic amines) is 1. The van der Waals surface area contributed by atoms with Gasteiger partial charge in [0.25, 0.3) is 0 Å². The molecular formula is C19H32N2. The summed E-state index contributed by atoms with van der Waals surface area (Å²) in [7, 11) is 2.45. The number of fused-ring (bicyclic) bond motifs is 4. The average molecular weight is 288 g/mol. The van der Waals surface area contributed by atoms with E-state index in [1.54, 1.807) is 12.8 Å². The lowest BCUT2D eigenvalue weighted by atomic mass is 9.52. The number of nitrogens with zero attached hydrogens (tertiary/aromatic N) is 1. The summed E-state index contributed by atoms with van der Waals surface area (Å²) < 4.78 is 0. The van der Waals surface area contributed by atoms with Gasteiger partial charge in [0.05, 0.1) is 0 Å². The van der Waals surface area contributed by atoms with E-state index in [4.69, 9.17) is 0 Å². The normalized spacial score (nSPS) is 56.4. The largest absolute Gasteiger partial charge is 0.313 e. The average Bonchev–Trinajstić information content (AvgIpc) is 2.93. The molecule has 1 N–H and O–H groups in total. The summed E-state index contributed by atoms with van der Waals surface area (Å²) in [5, 5.41) is 3.91. The first-order valence-electron chi connectivity index (χ1n) is 9.76. The van der Waals surface area contributed by atoms with Gasteiger partial charge in [0, 0.05) is 18.6 Å². The maximum absolute atomic E-state index is 3.91. The highest BCUT2D eigenvalue weighted by Crippen LogP contribution is 2.57. The maximum Gasteiger partial charge on any atom is 0.0129 e. The second-order valence-corrected chi connectivity index (χ2v) is 8.98. The van der Waals surface area contributed by atoms with Crippen LogP contribution in [-0.2, 0) is 0 Å². The van der Waals surface area contributed by atoms with Crippen LogP contribution in [0.3, 0.4) is 0 Å². The molecule has 5 aliphatic rings. The van der Waals surface area contributed by atoms with E-state index in [1.807, 2.05) is 0 Å². The molecule has 3 aliphatic carbocycles. The molecule has 3 saturated carbocycles. The van der Waals surface area contributed by atoms with Crippen LogP contribution in [0.4, 0.5) is 0 Å². The van der Waals surface area contributed by atoms with E-state index in [1.165, 1.54) is 51.6 Å². The van der Waals surface area contributed by atoms with E-state index in [-0.39, 0.29) is 0 Å². The molecule has 6 unspecified atom stereocenters. The number of hydrogen-bond donors (Lipinski definition) is 1. The summed E-state index contributed by atoms with van der Waals surface area (Å²) in [6, 6.07) is 1.82. The SMILES string of the molecule is CN1CC2CCCCC2[C@H]2C3CCCC4NCC(C[C@H]21)C43. The van der Waals surface area contributed by atoms with Crippen LogP contribution in [0.1, 0.15) is 51.4 Å². The van der Waals surface area contributed by atoms with Gasteiger partial charge in [-0.3, -0.25) is 0 Å². The van der Waals surface area contributed by atoms with E-state index >= 15 is 0 Å². The van der Waals surface area contributed by atoms with Gasteiger partial charge in [-0.2, -0.15) is 0 Å². The zero-order valence-electron chi connectivity index (χ0n) is 13.6. The first-order chi connectivity index (χ1) is 10.3. The molecule has 2 heterocycles. The van der Waals surface area contributed by atoms with Crippen molar-refractivity contribution >= 4 is 0 Å². The zero-order chi connectivity index (χ0) is 14.0. The number of piperidine rings is 1. The predicted molar refractivity (Wildman–Crippen MR) is 86.1 cm³/mol. The fourth-order valence-electron chi connectivity index (χ4n) is 7.61. The third kappa shape index (κ3) is 1.91. The summed E-state index contributed by atoms with van der Waals surface area (Å²) in [6.07, 6.45) is 12.2. The summed E-state index contributed by atoms with van der Waals surface area (Å²) in [4.78, 5) is 2.80. The zero-order valence-corrected chi connectivity index (χ0v) is 13.6. The smallest absolute Gasteiger partial charge is 0.0129 e. The Morgan fingerprint density at radius 2 is 1.71 bits per heavy atom. The molecule has 2 aliphatic heterocycles. The van der Waals surface area contributed by atoms with Gasteiger partial charge in [0.15, 0.2) is 0 Å². The lowest BCUT2D eigenvalue weighted by molar-refractivity contribution is -0.0945. The second kappa shape index (κ2) is 4.96. The van der Waals surface area contributed by atoms with Gasteiger partial charge < -0.3 is 10.2 Å². The van der Waals surface area contributed by atoms with Crippen LogP contribution in [0.5, 0.6) is 0 Å². The molecule has 5 rings (SSSR count). The topological polar surface area (TPSA) is 15.3 Å². The minimum atomic E-state index is 0.893. The molecule has 2 nitrogen and oxygen atoms in total. The van der Waals surface area contributed by atoms with Crippen molar-refractivity contribution in [3.63, 3.8) is 0 Å². The number of rotatable bonds is 0. The van der Waals surface area contributed by atoms with Gasteiger partial charge in [-0.15, -0.1) is 0 Å². The van der Waals surface area contributed by atoms with Crippen molar-refractivity contribution in [1.29, 1.82) is 0 Å². The maximum atomic E-state index is 3.91. The molecule has 0 aromatic heterocycles. The Morgan fingerprint density at radius 3 is 2.67 bits per heavy atom. The lowest BCUT2D eigenvalue weighted by Gasteiger charge is -2.59. The molecular weight excluding hydrogens is 256 g/mol. The monoisotopic (exact) mass is 288 g/mol. The van der Waals surface area contributed by atoms with Crippen LogP contribution in [0, 0.1) is 35.5 Å². The van der Waals surface area contributed by atoms with Crippen LogP contribution in [-0.4, -0.2) is 37.1 Å². The molecule has 2 saturated heterocycles. The molecule has 0 spiro atoms. The fourth-order valence-corrected chi connectivity index (χ4v) is 7.61. The molecule has 5 fully saturated rings. The van der Waals surface area contributed by atoms with Crippen LogP contribution in [0.2, 0.25) is 0 Å². The lowest BCUT2D eigenvalue weighted by Crippen LogP contribution is -2.60. The van der Waals surface area contributed by atoms with Gasteiger partial charge in [0.2, 0.25) is 0 Å². The minimum absolute atomic E-state index is 0.893. The van der Waals surface area contributed by atoms with E-state index in [2.05, 4.69) is 17.3 Å². The molecule has 21 heavy (non-hydrogen) atoms. The van der Waals surface area contributed by atoms with E-state index in [9.17, 15) is 0 Å². The highest BCUT2D eigenvalue weighted by molar-refractivity contribution is 5.09. The van der Waals surface area contributed by atoms with E-state index in [0.29, 0.717) is 0 Å². The third-order valence-corrected chi connectivity index (χ3v) is 8.23. The highest BCUT2D eigenvalue weighted by Gasteiger charge is 2.56. The Balaban J connectivity index is 1.50. The highest BCUT2D eigenvalue weighted by atomic mass is 15.2. The fraction of sp³-hybridized carbons (Fsp3) is 1.00. The number of hydrogen-bond acceptors (Lipinski definition) is 2. The third-order valence-electron chi connectivity index (χ3n) is 8.23. The standard InChI is InChI=1S/C19H32N2/c1-21-11-12-5-2-3-6-14(12)19-15-7-4-8-16-18(15)13(10-20-16)9-17(19)21/h12-20H,2-11H2,1H3/t12?,13?,14?,15?,16?,17-,18?,19+/m1/s1. The van der Waals surface area contributed by atoms with Crippen molar-refractivity contribution in [3.05, 3.63) is 0 Å². The predicted octanol–water partition coefficient (Wildman–Crippen LogP) is 3.13. The van der Waals surface area contributed by atoms with Gasteiger partial charge in [-0.25, -0.2) is 0 Å². The molecule has 8 atom stereocenters. The van der Waals surface area contributed by atoms with Crippen molar-refractivity contribution < 1.29 is 0 Å². The first kappa shape index (κ1) is 13.4. The molecule has 0 amide bonds. The molecule has 2 heteroatoms. The van der Waals surface area contributed by atoms with Crippen LogP contribution in [0.25, 0.3) is 0 Å². The van der Waals surface area contributed by atoms with Crippen molar-refractivity contribution in [2.75, 3.05) is 20.1 Å². The van der Waals surface area contributed by atoms with Gasteiger partial charge in [-0.05, 0) is 81.2 Å². The first-order valence-corrected chi connectivity index (χ1v) is 9.76. The number of nitrogens with one attached hydrogen (secondary N) is 1. The van der Waals surface area contributed by atoms with Crippen LogP contribution < -0.4 is 5.32 Å². The Morgan fingerprint density at radius 1 is 0.857 bits per heavy atom. The Labute approximate surface area is 130 Å². The Kier molecular flexibility index (Phi) is 3.16.